The first-order chi connectivity index (χ1) is 9.11. The Labute approximate surface area is 117 Å². The van der Waals surface area contributed by atoms with Crippen LogP contribution in [0, 0.1) is 0 Å². The molecule has 0 fully saturated rings. The Kier molecular flexibility index (Phi) is 4.12. The molecule has 0 aliphatic heterocycles. The molecule has 0 unspecified atom stereocenters. The van der Waals surface area contributed by atoms with Gasteiger partial charge in [-0.2, -0.15) is 0 Å². The van der Waals surface area contributed by atoms with Crippen molar-refractivity contribution in [3.05, 3.63) is 52.8 Å². The van der Waals surface area contributed by atoms with Gasteiger partial charge in [0.15, 0.2) is 0 Å². The number of nitrogen functional groups attached to an aromatic ring is 1. The Hall–Kier alpha value is -1.94. The zero-order chi connectivity index (χ0) is 13.8. The van der Waals surface area contributed by atoms with Crippen molar-refractivity contribution in [2.75, 3.05) is 5.73 Å². The molecule has 0 aliphatic rings. The first-order valence-corrected chi connectivity index (χ1v) is 6.47. The van der Waals surface area contributed by atoms with Crippen LogP contribution in [0.4, 0.5) is 5.69 Å². The highest BCUT2D eigenvalue weighted by atomic mass is 35.5. The van der Waals surface area contributed by atoms with Crippen LogP contribution in [0.25, 0.3) is 0 Å². The van der Waals surface area contributed by atoms with Gasteiger partial charge in [-0.05, 0) is 24.6 Å². The number of aromatic nitrogens is 1. The molecule has 0 aliphatic carbocycles. The fourth-order valence-corrected chi connectivity index (χ4v) is 2.10. The van der Waals surface area contributed by atoms with Crippen molar-refractivity contribution in [2.24, 2.45) is 0 Å². The van der Waals surface area contributed by atoms with Gasteiger partial charge in [0.25, 0.3) is 5.91 Å². The van der Waals surface area contributed by atoms with Crippen molar-refractivity contribution in [3.63, 3.8) is 0 Å². The first-order valence-electron chi connectivity index (χ1n) is 6.09. The Bertz CT molecular complexity index is 592. The molecule has 0 atom stereocenters. The van der Waals surface area contributed by atoms with Gasteiger partial charge in [-0.25, -0.2) is 0 Å². The van der Waals surface area contributed by atoms with E-state index in [0.29, 0.717) is 29.5 Å². The molecule has 1 amide bonds. The summed E-state index contributed by atoms with van der Waals surface area (Å²) in [5.74, 6) is -0.154. The van der Waals surface area contributed by atoms with Crippen LogP contribution in [0.1, 0.15) is 23.0 Å². The fraction of sp³-hybridized carbons (Fsp3) is 0.214. The summed E-state index contributed by atoms with van der Waals surface area (Å²) in [5, 5.41) is 3.49. The zero-order valence-electron chi connectivity index (χ0n) is 10.7. The molecule has 2 rings (SSSR count). The normalized spacial score (nSPS) is 10.4. The largest absolute Gasteiger partial charge is 0.397 e. The summed E-state index contributed by atoms with van der Waals surface area (Å²) in [5.41, 5.74) is 7.74. The van der Waals surface area contributed by atoms with Crippen LogP contribution in [-0.4, -0.2) is 10.5 Å². The minimum absolute atomic E-state index is 0.154. The Morgan fingerprint density at radius 2 is 2.16 bits per heavy atom. The molecule has 0 bridgehead atoms. The van der Waals surface area contributed by atoms with E-state index < -0.39 is 0 Å². The number of hydrogen-bond donors (Lipinski definition) is 2. The molecule has 0 saturated heterocycles. The van der Waals surface area contributed by atoms with E-state index in [2.05, 4.69) is 5.32 Å². The molecule has 2 aromatic rings. The smallest absolute Gasteiger partial charge is 0.268 e. The van der Waals surface area contributed by atoms with Gasteiger partial charge in [0.05, 0.1) is 5.69 Å². The summed E-state index contributed by atoms with van der Waals surface area (Å²) in [7, 11) is 0. The second-order valence-electron chi connectivity index (χ2n) is 4.22. The van der Waals surface area contributed by atoms with Gasteiger partial charge in [-0.15, -0.1) is 0 Å². The van der Waals surface area contributed by atoms with E-state index in [9.17, 15) is 4.79 Å². The van der Waals surface area contributed by atoms with Crippen molar-refractivity contribution < 1.29 is 4.79 Å². The number of aryl methyl sites for hydroxylation is 1. The molecule has 100 valence electrons. The highest BCUT2D eigenvalue weighted by Crippen LogP contribution is 2.15. The number of amides is 1. The topological polar surface area (TPSA) is 60.0 Å². The van der Waals surface area contributed by atoms with Gasteiger partial charge in [0.2, 0.25) is 0 Å². The van der Waals surface area contributed by atoms with E-state index in [4.69, 9.17) is 17.3 Å². The van der Waals surface area contributed by atoms with Crippen molar-refractivity contribution in [2.45, 2.75) is 20.0 Å². The summed E-state index contributed by atoms with van der Waals surface area (Å²) in [6.45, 7) is 3.06. The van der Waals surface area contributed by atoms with E-state index in [1.54, 1.807) is 18.3 Å². The van der Waals surface area contributed by atoms with Gasteiger partial charge >= 0.3 is 0 Å². The lowest BCUT2D eigenvalue weighted by molar-refractivity contribution is 0.0942. The average Bonchev–Trinajstić information content (AvgIpc) is 2.79. The Morgan fingerprint density at radius 3 is 2.84 bits per heavy atom. The number of anilines is 1. The highest BCUT2D eigenvalue weighted by Gasteiger charge is 2.12. The molecule has 19 heavy (non-hydrogen) atoms. The van der Waals surface area contributed by atoms with Crippen LogP contribution in [0.15, 0.2) is 36.5 Å². The standard InChI is InChI=1S/C14H16ClN3O/c1-2-18-9-11(16)7-13(18)14(19)17-8-10-5-3-4-6-12(10)15/h3-7,9H,2,8,16H2,1H3,(H,17,19). The monoisotopic (exact) mass is 277 g/mol. The second kappa shape index (κ2) is 5.80. The predicted molar refractivity (Wildman–Crippen MR) is 77.1 cm³/mol. The van der Waals surface area contributed by atoms with Gasteiger partial charge in [0, 0.05) is 24.3 Å². The predicted octanol–water partition coefficient (Wildman–Crippen LogP) is 2.67. The molecule has 1 heterocycles. The summed E-state index contributed by atoms with van der Waals surface area (Å²) in [4.78, 5) is 12.1. The molecular weight excluding hydrogens is 262 g/mol. The summed E-state index contributed by atoms with van der Waals surface area (Å²) in [6, 6.07) is 9.10. The molecule has 1 aromatic carbocycles. The maximum Gasteiger partial charge on any atom is 0.268 e. The summed E-state index contributed by atoms with van der Waals surface area (Å²) >= 11 is 6.04. The number of nitrogens with one attached hydrogen (secondary N) is 1. The zero-order valence-corrected chi connectivity index (χ0v) is 11.4. The molecule has 3 N–H and O–H groups in total. The third kappa shape index (κ3) is 3.09. The first kappa shape index (κ1) is 13.5. The number of halogens is 1. The minimum atomic E-state index is -0.154. The molecule has 4 nitrogen and oxygen atoms in total. The van der Waals surface area contributed by atoms with Crippen molar-refractivity contribution >= 4 is 23.2 Å². The van der Waals surface area contributed by atoms with Crippen molar-refractivity contribution in [1.82, 2.24) is 9.88 Å². The summed E-state index contributed by atoms with van der Waals surface area (Å²) in [6.07, 6.45) is 1.75. The molecule has 1 aromatic heterocycles. The maximum absolute atomic E-state index is 12.1. The van der Waals surface area contributed by atoms with Gasteiger partial charge in [-0.1, -0.05) is 29.8 Å². The Balaban J connectivity index is 2.07. The van der Waals surface area contributed by atoms with Crippen LogP contribution in [0.5, 0.6) is 0 Å². The van der Waals surface area contributed by atoms with Crippen molar-refractivity contribution in [1.29, 1.82) is 0 Å². The molecule has 0 radical (unpaired) electrons. The SMILES string of the molecule is CCn1cc(N)cc1C(=O)NCc1ccccc1Cl. The molecule has 5 heteroatoms. The molecule has 0 spiro atoms. The fourth-order valence-electron chi connectivity index (χ4n) is 1.89. The number of rotatable bonds is 4. The second-order valence-corrected chi connectivity index (χ2v) is 4.63. The van der Waals surface area contributed by atoms with Crippen LogP contribution >= 0.6 is 11.6 Å². The number of carbonyl (C=O) groups excluding carboxylic acids is 1. The van der Waals surface area contributed by atoms with Gasteiger partial charge in [-0.3, -0.25) is 4.79 Å². The van der Waals surface area contributed by atoms with Crippen molar-refractivity contribution in [3.8, 4) is 0 Å². The van der Waals surface area contributed by atoms with E-state index in [0.717, 1.165) is 5.56 Å². The number of carbonyl (C=O) groups is 1. The Morgan fingerprint density at radius 1 is 1.42 bits per heavy atom. The number of benzene rings is 1. The van der Waals surface area contributed by atoms with Crippen LogP contribution in [0.3, 0.4) is 0 Å². The van der Waals surface area contributed by atoms with Crippen LogP contribution < -0.4 is 11.1 Å². The van der Waals surface area contributed by atoms with Crippen LogP contribution in [-0.2, 0) is 13.1 Å². The lowest BCUT2D eigenvalue weighted by Crippen LogP contribution is -2.25. The number of hydrogen-bond acceptors (Lipinski definition) is 2. The van der Waals surface area contributed by atoms with Crippen LogP contribution in [0.2, 0.25) is 5.02 Å². The minimum Gasteiger partial charge on any atom is -0.397 e. The highest BCUT2D eigenvalue weighted by molar-refractivity contribution is 6.31. The number of nitrogens with zero attached hydrogens (tertiary/aromatic N) is 1. The van der Waals surface area contributed by atoms with E-state index >= 15 is 0 Å². The van der Waals surface area contributed by atoms with E-state index in [1.807, 2.05) is 29.7 Å². The van der Waals surface area contributed by atoms with E-state index in [1.165, 1.54) is 0 Å². The third-order valence-electron chi connectivity index (χ3n) is 2.89. The third-order valence-corrected chi connectivity index (χ3v) is 3.26. The van der Waals surface area contributed by atoms with Gasteiger partial charge in [0.1, 0.15) is 5.69 Å². The quantitative estimate of drug-likeness (QED) is 0.903. The van der Waals surface area contributed by atoms with E-state index in [-0.39, 0.29) is 5.91 Å². The lowest BCUT2D eigenvalue weighted by Gasteiger charge is -2.08. The molecular formula is C14H16ClN3O. The summed E-state index contributed by atoms with van der Waals surface area (Å²) < 4.78 is 1.82. The van der Waals surface area contributed by atoms with Gasteiger partial charge < -0.3 is 15.6 Å². The lowest BCUT2D eigenvalue weighted by atomic mass is 10.2. The maximum atomic E-state index is 12.1. The molecule has 0 saturated carbocycles. The number of nitrogens with two attached hydrogens (primary N) is 1. The average molecular weight is 278 g/mol.